The van der Waals surface area contributed by atoms with Crippen molar-refractivity contribution in [2.24, 2.45) is 0 Å². The first kappa shape index (κ1) is 22.9. The Morgan fingerprint density at radius 1 is 0.917 bits per heavy atom. The molecule has 1 fully saturated rings. The van der Waals surface area contributed by atoms with Crippen molar-refractivity contribution in [1.82, 2.24) is 15.1 Å². The molecule has 1 amide bonds. The monoisotopic (exact) mass is 497 g/mol. The predicted molar refractivity (Wildman–Crippen MR) is 141 cm³/mol. The van der Waals surface area contributed by atoms with Gasteiger partial charge in [0.15, 0.2) is 0 Å². The van der Waals surface area contributed by atoms with Crippen molar-refractivity contribution in [3.05, 3.63) is 106 Å². The normalized spacial score (nSPS) is 17.9. The third-order valence-corrected chi connectivity index (χ3v) is 7.59. The Kier molecular flexibility index (Phi) is 6.24. The summed E-state index contributed by atoms with van der Waals surface area (Å²) in [6, 6.07) is 26.0. The molecular weight excluding hydrogens is 470 g/mol. The van der Waals surface area contributed by atoms with Gasteiger partial charge in [-0.25, -0.2) is 0 Å². The van der Waals surface area contributed by atoms with Crippen LogP contribution in [0.4, 0.5) is 0 Å². The van der Waals surface area contributed by atoms with E-state index < -0.39 is 0 Å². The van der Waals surface area contributed by atoms with Crippen LogP contribution in [0.5, 0.6) is 5.75 Å². The van der Waals surface area contributed by atoms with Gasteiger partial charge in [-0.1, -0.05) is 85.5 Å². The molecule has 5 nitrogen and oxygen atoms in total. The molecule has 1 N–H and O–H groups in total. The van der Waals surface area contributed by atoms with Crippen molar-refractivity contribution in [2.45, 2.75) is 50.8 Å². The number of halogens is 1. The number of nitrogens with one attached hydrogen (secondary N) is 1. The zero-order valence-corrected chi connectivity index (χ0v) is 20.7. The number of benzene rings is 3. The lowest BCUT2D eigenvalue weighted by molar-refractivity contribution is 0.0606. The van der Waals surface area contributed by atoms with Gasteiger partial charge in [0, 0.05) is 22.2 Å². The molecule has 2 aliphatic rings. The van der Waals surface area contributed by atoms with Crippen molar-refractivity contribution >= 4 is 17.5 Å². The van der Waals surface area contributed by atoms with E-state index in [1.807, 2.05) is 54.6 Å². The lowest BCUT2D eigenvalue weighted by Gasteiger charge is -2.36. The summed E-state index contributed by atoms with van der Waals surface area (Å²) in [6.07, 6.45) is 5.66. The molecule has 4 aromatic rings. The van der Waals surface area contributed by atoms with Crippen LogP contribution in [0, 0.1) is 0 Å². The summed E-state index contributed by atoms with van der Waals surface area (Å²) < 4.78 is 6.02. The second kappa shape index (κ2) is 9.82. The summed E-state index contributed by atoms with van der Waals surface area (Å²) in [7, 11) is 0. The number of ether oxygens (including phenoxy) is 1. The van der Waals surface area contributed by atoms with Crippen LogP contribution in [0.1, 0.15) is 65.3 Å². The van der Waals surface area contributed by atoms with Gasteiger partial charge in [-0.2, -0.15) is 5.10 Å². The molecule has 6 rings (SSSR count). The SMILES string of the molecule is O=C1c2[nH]nc(-c3ccccc3)c2C(c2ccc(OCc3ccc(Cl)cc3)cc2)N1C1CCCCC1. The van der Waals surface area contributed by atoms with Gasteiger partial charge in [0.05, 0.1) is 11.7 Å². The Morgan fingerprint density at radius 3 is 2.36 bits per heavy atom. The number of rotatable bonds is 6. The third kappa shape index (κ3) is 4.28. The maximum Gasteiger partial charge on any atom is 0.273 e. The molecule has 1 unspecified atom stereocenters. The zero-order valence-electron chi connectivity index (χ0n) is 20.0. The summed E-state index contributed by atoms with van der Waals surface area (Å²) >= 11 is 5.99. The first-order valence-electron chi connectivity index (χ1n) is 12.6. The van der Waals surface area contributed by atoms with E-state index >= 15 is 0 Å². The van der Waals surface area contributed by atoms with Gasteiger partial charge in [-0.3, -0.25) is 9.89 Å². The zero-order chi connectivity index (χ0) is 24.5. The molecule has 182 valence electrons. The highest BCUT2D eigenvalue weighted by atomic mass is 35.5. The fraction of sp³-hybridized carbons (Fsp3) is 0.267. The minimum Gasteiger partial charge on any atom is -0.489 e. The first-order valence-corrected chi connectivity index (χ1v) is 13.0. The molecule has 2 heterocycles. The molecule has 1 aromatic heterocycles. The Hall–Kier alpha value is -3.57. The number of carbonyl (C=O) groups is 1. The van der Waals surface area contributed by atoms with E-state index in [4.69, 9.17) is 16.3 Å². The predicted octanol–water partition coefficient (Wildman–Crippen LogP) is 7.19. The molecule has 6 heteroatoms. The minimum atomic E-state index is -0.171. The smallest absolute Gasteiger partial charge is 0.273 e. The average molecular weight is 498 g/mol. The van der Waals surface area contributed by atoms with Crippen LogP contribution < -0.4 is 4.74 Å². The summed E-state index contributed by atoms with van der Waals surface area (Å²) in [4.78, 5) is 15.8. The van der Waals surface area contributed by atoms with Crippen LogP contribution in [0.25, 0.3) is 11.3 Å². The number of carbonyl (C=O) groups excluding carboxylic acids is 1. The number of fused-ring (bicyclic) bond motifs is 1. The van der Waals surface area contributed by atoms with Crippen molar-refractivity contribution in [1.29, 1.82) is 0 Å². The second-order valence-electron chi connectivity index (χ2n) is 9.62. The van der Waals surface area contributed by atoms with Gasteiger partial charge in [0.25, 0.3) is 5.91 Å². The molecule has 0 bridgehead atoms. The number of aromatic amines is 1. The van der Waals surface area contributed by atoms with Crippen LogP contribution in [0.2, 0.25) is 5.02 Å². The number of aromatic nitrogens is 2. The van der Waals surface area contributed by atoms with Crippen LogP contribution in [0.3, 0.4) is 0 Å². The van der Waals surface area contributed by atoms with Gasteiger partial charge in [-0.05, 0) is 48.2 Å². The molecule has 3 aromatic carbocycles. The molecule has 1 saturated carbocycles. The molecule has 0 spiro atoms. The van der Waals surface area contributed by atoms with Crippen LogP contribution >= 0.6 is 11.6 Å². The maximum atomic E-state index is 13.7. The van der Waals surface area contributed by atoms with Crippen LogP contribution in [-0.4, -0.2) is 27.0 Å². The Bertz CT molecular complexity index is 1340. The number of hydrogen-bond donors (Lipinski definition) is 1. The van der Waals surface area contributed by atoms with Crippen molar-refractivity contribution in [3.8, 4) is 17.0 Å². The fourth-order valence-electron chi connectivity index (χ4n) is 5.54. The lowest BCUT2D eigenvalue weighted by Crippen LogP contribution is -2.40. The van der Waals surface area contributed by atoms with Gasteiger partial charge in [-0.15, -0.1) is 0 Å². The highest BCUT2D eigenvalue weighted by molar-refractivity contribution is 6.30. The van der Waals surface area contributed by atoms with Crippen molar-refractivity contribution in [2.75, 3.05) is 0 Å². The number of hydrogen-bond acceptors (Lipinski definition) is 3. The minimum absolute atomic E-state index is 0.0552. The van der Waals surface area contributed by atoms with Gasteiger partial charge in [0.2, 0.25) is 0 Å². The van der Waals surface area contributed by atoms with Crippen LogP contribution in [-0.2, 0) is 6.61 Å². The third-order valence-electron chi connectivity index (χ3n) is 7.33. The van der Waals surface area contributed by atoms with Gasteiger partial charge < -0.3 is 9.64 Å². The first-order chi connectivity index (χ1) is 17.7. The molecule has 36 heavy (non-hydrogen) atoms. The van der Waals surface area contributed by atoms with E-state index in [9.17, 15) is 4.79 Å². The van der Waals surface area contributed by atoms with Gasteiger partial charge in [0.1, 0.15) is 18.1 Å². The average Bonchev–Trinajstić information content (AvgIpc) is 3.48. The van der Waals surface area contributed by atoms with Gasteiger partial charge >= 0.3 is 0 Å². The number of nitrogens with zero attached hydrogens (tertiary/aromatic N) is 2. The lowest BCUT2D eigenvalue weighted by atomic mass is 9.91. The Labute approximate surface area is 216 Å². The van der Waals surface area contributed by atoms with Crippen LogP contribution in [0.15, 0.2) is 78.9 Å². The maximum absolute atomic E-state index is 13.7. The largest absolute Gasteiger partial charge is 0.489 e. The molecule has 0 saturated heterocycles. The molecule has 1 aliphatic heterocycles. The molecule has 1 aliphatic carbocycles. The van der Waals surface area contributed by atoms with E-state index in [1.165, 1.54) is 6.42 Å². The Morgan fingerprint density at radius 2 is 1.64 bits per heavy atom. The summed E-state index contributed by atoms with van der Waals surface area (Å²) in [5.41, 5.74) is 5.60. The molecule has 0 radical (unpaired) electrons. The van der Waals surface area contributed by atoms with E-state index in [0.29, 0.717) is 17.3 Å². The standard InChI is InChI=1S/C30H28ClN3O2/c31-23-15-11-20(12-16-23)19-36-25-17-13-22(14-18-25)29-26-27(21-7-3-1-4-8-21)32-33-28(26)30(35)34(29)24-9-5-2-6-10-24/h1,3-4,7-8,11-18,24,29H,2,5-6,9-10,19H2,(H,32,33). The number of amides is 1. The van der Waals surface area contributed by atoms with E-state index in [2.05, 4.69) is 39.4 Å². The van der Waals surface area contributed by atoms with E-state index in [0.717, 1.165) is 59.4 Å². The highest BCUT2D eigenvalue weighted by Crippen LogP contribution is 2.45. The summed E-state index contributed by atoms with van der Waals surface area (Å²) in [5, 5.41) is 8.39. The second-order valence-corrected chi connectivity index (χ2v) is 10.1. The summed E-state index contributed by atoms with van der Waals surface area (Å²) in [6.45, 7) is 0.469. The quantitative estimate of drug-likeness (QED) is 0.307. The molecule has 1 atom stereocenters. The summed E-state index contributed by atoms with van der Waals surface area (Å²) in [5.74, 6) is 0.845. The van der Waals surface area contributed by atoms with Crippen molar-refractivity contribution in [3.63, 3.8) is 0 Å². The Balaban J connectivity index is 1.33. The highest BCUT2D eigenvalue weighted by Gasteiger charge is 2.45. The molecular formula is C30H28ClN3O2. The van der Waals surface area contributed by atoms with E-state index in [-0.39, 0.29) is 18.0 Å². The van der Waals surface area contributed by atoms with E-state index in [1.54, 1.807) is 0 Å². The topological polar surface area (TPSA) is 58.2 Å². The number of H-pyrrole nitrogens is 1. The van der Waals surface area contributed by atoms with Crippen molar-refractivity contribution < 1.29 is 9.53 Å². The fourth-order valence-corrected chi connectivity index (χ4v) is 5.66.